The third kappa shape index (κ3) is 5.81. The Hall–Kier alpha value is -2.04. The van der Waals surface area contributed by atoms with Crippen LogP contribution in [-0.2, 0) is 14.8 Å². The second-order valence-electron chi connectivity index (χ2n) is 7.19. The zero-order chi connectivity index (χ0) is 22.8. The molecule has 2 aromatic carbocycles. The normalized spacial score (nSPS) is 12.7. The monoisotopic (exact) mass is 498 g/mol. The molecule has 0 aliphatic rings. The predicted molar refractivity (Wildman–Crippen MR) is 124 cm³/mol. The van der Waals surface area contributed by atoms with E-state index in [0.717, 1.165) is 11.1 Å². The van der Waals surface area contributed by atoms with Gasteiger partial charge in [0.15, 0.2) is 0 Å². The van der Waals surface area contributed by atoms with Crippen LogP contribution >= 0.6 is 34.5 Å². The van der Waals surface area contributed by atoms with E-state index in [9.17, 15) is 13.2 Å². The van der Waals surface area contributed by atoms with Crippen molar-refractivity contribution in [2.75, 3.05) is 5.32 Å². The van der Waals surface area contributed by atoms with Crippen molar-refractivity contribution < 1.29 is 13.2 Å². The van der Waals surface area contributed by atoms with Gasteiger partial charge in [-0.25, -0.2) is 8.42 Å². The van der Waals surface area contributed by atoms with Crippen LogP contribution in [0.1, 0.15) is 19.4 Å². The molecule has 3 aromatic rings. The maximum Gasteiger partial charge on any atom is 0.244 e. The summed E-state index contributed by atoms with van der Waals surface area (Å²) in [6, 6.07) is 10.8. The predicted octanol–water partition coefficient (Wildman–Crippen LogP) is 4.76. The molecule has 1 aromatic heterocycles. The first-order chi connectivity index (χ1) is 14.6. The summed E-state index contributed by atoms with van der Waals surface area (Å²) in [5.74, 6) is -0.902. The third-order valence-corrected chi connectivity index (χ3v) is 7.41. The average Bonchev–Trinajstić information content (AvgIpc) is 3.16. The molecule has 31 heavy (non-hydrogen) atoms. The standard InChI is InChI=1S/C20H20Cl2N4O3S2/c1-11(2)17(26-31(28,29)16-10-14(21)8-9-15(16)22)18(27)23-20-25-24-19(30-20)13-6-4-12(3)5-7-13/h4-11,17,26H,1-3H3,(H,23,25,27). The number of nitrogens with one attached hydrogen (secondary N) is 2. The first kappa shape index (κ1) is 23.6. The maximum absolute atomic E-state index is 12.8. The van der Waals surface area contributed by atoms with Gasteiger partial charge in [-0.3, -0.25) is 10.1 Å². The number of sulfonamides is 1. The van der Waals surface area contributed by atoms with Gasteiger partial charge in [0, 0.05) is 10.6 Å². The van der Waals surface area contributed by atoms with Gasteiger partial charge in [0.25, 0.3) is 0 Å². The molecule has 0 radical (unpaired) electrons. The minimum absolute atomic E-state index is 0.00618. The van der Waals surface area contributed by atoms with Crippen LogP contribution in [0.15, 0.2) is 47.4 Å². The summed E-state index contributed by atoms with van der Waals surface area (Å²) >= 11 is 13.1. The summed E-state index contributed by atoms with van der Waals surface area (Å²) in [5, 5.41) is 11.9. The molecule has 3 rings (SSSR count). The summed E-state index contributed by atoms with van der Waals surface area (Å²) in [4.78, 5) is 12.7. The fourth-order valence-electron chi connectivity index (χ4n) is 2.68. The number of carbonyl (C=O) groups is 1. The Bertz CT molecular complexity index is 1200. The van der Waals surface area contributed by atoms with Gasteiger partial charge >= 0.3 is 0 Å². The molecule has 11 heteroatoms. The summed E-state index contributed by atoms with van der Waals surface area (Å²) in [6.45, 7) is 5.44. The van der Waals surface area contributed by atoms with Gasteiger partial charge in [-0.1, -0.05) is 78.2 Å². The highest BCUT2D eigenvalue weighted by atomic mass is 35.5. The lowest BCUT2D eigenvalue weighted by Gasteiger charge is -2.21. The van der Waals surface area contributed by atoms with E-state index in [2.05, 4.69) is 20.2 Å². The number of amides is 1. The van der Waals surface area contributed by atoms with E-state index in [1.807, 2.05) is 31.2 Å². The van der Waals surface area contributed by atoms with Crippen molar-refractivity contribution in [3.63, 3.8) is 0 Å². The highest BCUT2D eigenvalue weighted by molar-refractivity contribution is 7.89. The Labute approximate surface area is 194 Å². The molecular weight excluding hydrogens is 479 g/mol. The second kappa shape index (κ2) is 9.62. The van der Waals surface area contributed by atoms with Crippen LogP contribution in [-0.4, -0.2) is 30.6 Å². The number of hydrogen-bond acceptors (Lipinski definition) is 6. The second-order valence-corrected chi connectivity index (χ2v) is 10.7. The van der Waals surface area contributed by atoms with E-state index in [0.29, 0.717) is 5.01 Å². The Kier molecular flexibility index (Phi) is 7.33. The van der Waals surface area contributed by atoms with E-state index in [-0.39, 0.29) is 26.0 Å². The Morgan fingerprint density at radius 1 is 1.06 bits per heavy atom. The van der Waals surface area contributed by atoms with E-state index < -0.39 is 22.0 Å². The molecule has 0 aliphatic carbocycles. The summed E-state index contributed by atoms with van der Waals surface area (Å²) in [6.07, 6.45) is 0. The van der Waals surface area contributed by atoms with Crippen LogP contribution in [0.5, 0.6) is 0 Å². The highest BCUT2D eigenvalue weighted by Crippen LogP contribution is 2.28. The number of rotatable bonds is 7. The summed E-state index contributed by atoms with van der Waals surface area (Å²) < 4.78 is 28.1. The van der Waals surface area contributed by atoms with Gasteiger partial charge in [0.05, 0.1) is 5.02 Å². The van der Waals surface area contributed by atoms with Crippen LogP contribution in [0.2, 0.25) is 10.0 Å². The van der Waals surface area contributed by atoms with Crippen LogP contribution in [0.3, 0.4) is 0 Å². The van der Waals surface area contributed by atoms with Crippen molar-refractivity contribution in [3.05, 3.63) is 58.1 Å². The summed E-state index contributed by atoms with van der Waals surface area (Å²) in [5.41, 5.74) is 1.99. The first-order valence-corrected chi connectivity index (χ1v) is 12.3. The van der Waals surface area contributed by atoms with Crippen molar-refractivity contribution in [3.8, 4) is 10.6 Å². The Balaban J connectivity index is 1.78. The number of hydrogen-bond donors (Lipinski definition) is 2. The number of benzene rings is 2. The minimum Gasteiger partial charge on any atom is -0.299 e. The van der Waals surface area contributed by atoms with Gasteiger partial charge in [-0.15, -0.1) is 10.2 Å². The molecule has 0 fully saturated rings. The Morgan fingerprint density at radius 2 is 1.74 bits per heavy atom. The lowest BCUT2D eigenvalue weighted by molar-refractivity contribution is -0.118. The maximum atomic E-state index is 12.8. The van der Waals surface area contributed by atoms with E-state index >= 15 is 0 Å². The van der Waals surface area contributed by atoms with Gasteiger partial charge in [0.1, 0.15) is 15.9 Å². The molecule has 0 saturated heterocycles. The van der Waals surface area contributed by atoms with Gasteiger partial charge in [-0.05, 0) is 31.0 Å². The number of carbonyl (C=O) groups excluding carboxylic acids is 1. The highest BCUT2D eigenvalue weighted by Gasteiger charge is 2.30. The largest absolute Gasteiger partial charge is 0.299 e. The fourth-order valence-corrected chi connectivity index (χ4v) is 5.53. The average molecular weight is 499 g/mol. The molecule has 0 aliphatic heterocycles. The van der Waals surface area contributed by atoms with Gasteiger partial charge < -0.3 is 0 Å². The number of nitrogens with zero attached hydrogens (tertiary/aromatic N) is 2. The Morgan fingerprint density at radius 3 is 2.39 bits per heavy atom. The van der Waals surface area contributed by atoms with E-state index in [1.54, 1.807) is 13.8 Å². The smallest absolute Gasteiger partial charge is 0.244 e. The fraction of sp³-hybridized carbons (Fsp3) is 0.250. The van der Waals surface area contributed by atoms with Crippen molar-refractivity contribution >= 4 is 55.6 Å². The van der Waals surface area contributed by atoms with Crippen molar-refractivity contribution in [2.24, 2.45) is 5.92 Å². The molecule has 2 N–H and O–H groups in total. The van der Waals surface area contributed by atoms with Crippen molar-refractivity contribution in [2.45, 2.75) is 31.7 Å². The van der Waals surface area contributed by atoms with Crippen molar-refractivity contribution in [1.29, 1.82) is 0 Å². The number of aryl methyl sites for hydroxylation is 1. The number of aromatic nitrogens is 2. The molecule has 0 saturated carbocycles. The minimum atomic E-state index is -4.10. The molecule has 0 spiro atoms. The topological polar surface area (TPSA) is 101 Å². The van der Waals surface area contributed by atoms with Crippen LogP contribution in [0.4, 0.5) is 5.13 Å². The first-order valence-electron chi connectivity index (χ1n) is 9.25. The van der Waals surface area contributed by atoms with Gasteiger partial charge in [-0.2, -0.15) is 4.72 Å². The quantitative estimate of drug-likeness (QED) is 0.488. The molecule has 1 amide bonds. The molecule has 1 atom stereocenters. The zero-order valence-corrected chi connectivity index (χ0v) is 20.0. The lowest BCUT2D eigenvalue weighted by Crippen LogP contribution is -2.47. The van der Waals surface area contributed by atoms with Gasteiger partial charge in [0.2, 0.25) is 21.1 Å². The number of anilines is 1. The molecule has 1 heterocycles. The van der Waals surface area contributed by atoms with E-state index in [4.69, 9.17) is 23.2 Å². The lowest BCUT2D eigenvalue weighted by atomic mass is 10.1. The van der Waals surface area contributed by atoms with E-state index in [1.165, 1.54) is 29.5 Å². The molecule has 164 valence electrons. The molecule has 1 unspecified atom stereocenters. The molecule has 7 nitrogen and oxygen atoms in total. The van der Waals surface area contributed by atoms with Crippen molar-refractivity contribution in [1.82, 2.24) is 14.9 Å². The van der Waals surface area contributed by atoms with Crippen LogP contribution < -0.4 is 10.0 Å². The SMILES string of the molecule is Cc1ccc(-c2nnc(NC(=O)C(NS(=O)(=O)c3cc(Cl)ccc3Cl)C(C)C)s2)cc1. The summed E-state index contributed by atoms with van der Waals surface area (Å²) in [7, 11) is -4.10. The van der Waals surface area contributed by atoms with Crippen LogP contribution in [0, 0.1) is 12.8 Å². The third-order valence-electron chi connectivity index (χ3n) is 4.37. The molecular formula is C20H20Cl2N4O3S2. The number of halogens is 2. The van der Waals surface area contributed by atoms with Crippen LogP contribution in [0.25, 0.3) is 10.6 Å². The molecule has 0 bridgehead atoms. The zero-order valence-electron chi connectivity index (χ0n) is 16.9.